The average Bonchev–Trinajstić information content (AvgIpc) is 3.19. The second-order valence-corrected chi connectivity index (χ2v) is 6.78. The molecular formula is C20H21ClN4. The second-order valence-electron chi connectivity index (χ2n) is 6.34. The Morgan fingerprint density at radius 1 is 0.880 bits per heavy atom. The molecule has 1 N–H and O–H groups in total. The number of nitrogens with one attached hydrogen (secondary N) is 1. The van der Waals surface area contributed by atoms with E-state index < -0.39 is 0 Å². The van der Waals surface area contributed by atoms with Crippen molar-refractivity contribution in [1.29, 1.82) is 0 Å². The van der Waals surface area contributed by atoms with E-state index in [2.05, 4.69) is 62.5 Å². The Kier molecular flexibility index (Phi) is 4.72. The van der Waals surface area contributed by atoms with E-state index in [0.717, 1.165) is 31.2 Å². The molecule has 1 atom stereocenters. The highest BCUT2D eigenvalue weighted by Gasteiger charge is 2.27. The minimum absolute atomic E-state index is 0.203. The predicted molar refractivity (Wildman–Crippen MR) is 102 cm³/mol. The summed E-state index contributed by atoms with van der Waals surface area (Å²) in [5.41, 5.74) is 3.74. The van der Waals surface area contributed by atoms with Gasteiger partial charge in [-0.3, -0.25) is 10.00 Å². The molecule has 0 aliphatic carbocycles. The summed E-state index contributed by atoms with van der Waals surface area (Å²) in [5, 5.41) is 7.87. The van der Waals surface area contributed by atoms with Crippen LogP contribution in [-0.4, -0.2) is 41.3 Å². The number of nitrogens with zero attached hydrogens (tertiary/aromatic N) is 3. The van der Waals surface area contributed by atoms with Crippen molar-refractivity contribution >= 4 is 17.3 Å². The van der Waals surface area contributed by atoms with Gasteiger partial charge in [0.1, 0.15) is 0 Å². The molecule has 0 saturated carbocycles. The maximum absolute atomic E-state index is 6.08. The van der Waals surface area contributed by atoms with E-state index >= 15 is 0 Å². The number of aromatic nitrogens is 2. The molecule has 4 rings (SSSR count). The van der Waals surface area contributed by atoms with Gasteiger partial charge in [-0.1, -0.05) is 41.9 Å². The zero-order valence-corrected chi connectivity index (χ0v) is 14.7. The Bertz CT molecular complexity index is 778. The standard InChI is InChI=1S/C20H21ClN4/c21-18-8-6-16(7-9-18)20(17-14-22-23-15-17)25-12-10-24(11-13-25)19-4-2-1-3-5-19/h1-9,14-15,20H,10-13H2,(H,22,23). The lowest BCUT2D eigenvalue weighted by atomic mass is 9.99. The van der Waals surface area contributed by atoms with Crippen molar-refractivity contribution in [3.05, 3.63) is 83.1 Å². The highest BCUT2D eigenvalue weighted by atomic mass is 35.5. The highest BCUT2D eigenvalue weighted by molar-refractivity contribution is 6.30. The average molecular weight is 353 g/mol. The fourth-order valence-corrected chi connectivity index (χ4v) is 3.67. The summed E-state index contributed by atoms with van der Waals surface area (Å²) in [6.45, 7) is 4.05. The number of piperazine rings is 1. The Balaban J connectivity index is 1.54. The van der Waals surface area contributed by atoms with Crippen molar-refractivity contribution in [2.45, 2.75) is 6.04 Å². The summed E-state index contributed by atoms with van der Waals surface area (Å²) in [4.78, 5) is 4.97. The SMILES string of the molecule is Clc1ccc(C(c2cn[nH]c2)N2CCN(c3ccccc3)CC2)cc1. The van der Waals surface area contributed by atoms with Gasteiger partial charge in [-0.05, 0) is 29.8 Å². The molecule has 25 heavy (non-hydrogen) atoms. The third-order valence-electron chi connectivity index (χ3n) is 4.82. The van der Waals surface area contributed by atoms with Crippen LogP contribution in [0.25, 0.3) is 0 Å². The van der Waals surface area contributed by atoms with Crippen LogP contribution in [0.5, 0.6) is 0 Å². The lowest BCUT2D eigenvalue weighted by Crippen LogP contribution is -2.47. The van der Waals surface area contributed by atoms with E-state index in [1.807, 2.05) is 24.5 Å². The van der Waals surface area contributed by atoms with E-state index in [1.165, 1.54) is 16.8 Å². The molecule has 1 aromatic heterocycles. The molecule has 1 aliphatic heterocycles. The van der Waals surface area contributed by atoms with Crippen molar-refractivity contribution < 1.29 is 0 Å². The molecule has 2 aromatic carbocycles. The third kappa shape index (κ3) is 3.55. The number of rotatable bonds is 4. The maximum Gasteiger partial charge on any atom is 0.0634 e. The fraction of sp³-hybridized carbons (Fsp3) is 0.250. The Morgan fingerprint density at radius 2 is 1.60 bits per heavy atom. The molecule has 0 bridgehead atoms. The lowest BCUT2D eigenvalue weighted by molar-refractivity contribution is 0.212. The number of aromatic amines is 1. The van der Waals surface area contributed by atoms with Crippen LogP contribution in [0.15, 0.2) is 67.0 Å². The highest BCUT2D eigenvalue weighted by Crippen LogP contribution is 2.30. The first-order valence-electron chi connectivity index (χ1n) is 8.59. The molecule has 1 aliphatic rings. The van der Waals surface area contributed by atoms with Crippen LogP contribution in [0.2, 0.25) is 5.02 Å². The molecule has 1 saturated heterocycles. The molecule has 3 aromatic rings. The molecule has 0 spiro atoms. The predicted octanol–water partition coefficient (Wildman–Crippen LogP) is 3.97. The van der Waals surface area contributed by atoms with Crippen molar-refractivity contribution in [1.82, 2.24) is 15.1 Å². The van der Waals surface area contributed by atoms with Gasteiger partial charge >= 0.3 is 0 Å². The van der Waals surface area contributed by atoms with E-state index in [0.29, 0.717) is 0 Å². The van der Waals surface area contributed by atoms with Crippen molar-refractivity contribution in [3.63, 3.8) is 0 Å². The van der Waals surface area contributed by atoms with E-state index in [-0.39, 0.29) is 6.04 Å². The smallest absolute Gasteiger partial charge is 0.0634 e. The molecule has 2 heterocycles. The molecule has 1 unspecified atom stereocenters. The van der Waals surface area contributed by atoms with Crippen LogP contribution >= 0.6 is 11.6 Å². The molecule has 5 heteroatoms. The monoisotopic (exact) mass is 352 g/mol. The number of H-pyrrole nitrogens is 1. The van der Waals surface area contributed by atoms with Gasteiger partial charge < -0.3 is 4.90 Å². The summed E-state index contributed by atoms with van der Waals surface area (Å²) in [6.07, 6.45) is 3.91. The van der Waals surface area contributed by atoms with Crippen LogP contribution in [-0.2, 0) is 0 Å². The summed E-state index contributed by atoms with van der Waals surface area (Å²) < 4.78 is 0. The van der Waals surface area contributed by atoms with E-state index in [1.54, 1.807) is 0 Å². The van der Waals surface area contributed by atoms with Gasteiger partial charge in [0.05, 0.1) is 12.2 Å². The van der Waals surface area contributed by atoms with Gasteiger partial charge in [-0.2, -0.15) is 5.10 Å². The van der Waals surface area contributed by atoms with Crippen LogP contribution in [0.3, 0.4) is 0 Å². The largest absolute Gasteiger partial charge is 0.369 e. The van der Waals surface area contributed by atoms with Gasteiger partial charge in [-0.25, -0.2) is 0 Å². The number of benzene rings is 2. The molecular weight excluding hydrogens is 332 g/mol. The summed E-state index contributed by atoms with van der Waals surface area (Å²) >= 11 is 6.08. The lowest BCUT2D eigenvalue weighted by Gasteiger charge is -2.40. The van der Waals surface area contributed by atoms with E-state index in [4.69, 9.17) is 11.6 Å². The number of halogens is 1. The minimum atomic E-state index is 0.203. The molecule has 0 radical (unpaired) electrons. The normalized spacial score (nSPS) is 16.8. The van der Waals surface area contributed by atoms with Crippen molar-refractivity contribution in [3.8, 4) is 0 Å². The van der Waals surface area contributed by atoms with Crippen LogP contribution in [0.1, 0.15) is 17.2 Å². The quantitative estimate of drug-likeness (QED) is 0.771. The first kappa shape index (κ1) is 16.2. The van der Waals surface area contributed by atoms with E-state index in [9.17, 15) is 0 Å². The van der Waals surface area contributed by atoms with Crippen LogP contribution in [0.4, 0.5) is 5.69 Å². The number of para-hydroxylation sites is 1. The Morgan fingerprint density at radius 3 is 2.24 bits per heavy atom. The number of anilines is 1. The molecule has 4 nitrogen and oxygen atoms in total. The van der Waals surface area contributed by atoms with Gasteiger partial charge in [0.15, 0.2) is 0 Å². The maximum atomic E-state index is 6.08. The number of hydrogen-bond donors (Lipinski definition) is 1. The Hall–Kier alpha value is -2.30. The van der Waals surface area contributed by atoms with Gasteiger partial charge in [0.2, 0.25) is 0 Å². The third-order valence-corrected chi connectivity index (χ3v) is 5.07. The van der Waals surface area contributed by atoms with Gasteiger partial charge in [0.25, 0.3) is 0 Å². The second kappa shape index (κ2) is 7.30. The number of hydrogen-bond acceptors (Lipinski definition) is 3. The fourth-order valence-electron chi connectivity index (χ4n) is 3.55. The summed E-state index contributed by atoms with van der Waals surface area (Å²) in [7, 11) is 0. The molecule has 1 fully saturated rings. The van der Waals surface area contributed by atoms with Crippen LogP contribution < -0.4 is 4.90 Å². The Labute approximate surface area is 153 Å². The summed E-state index contributed by atoms with van der Waals surface area (Å²) in [5.74, 6) is 0. The summed E-state index contributed by atoms with van der Waals surface area (Å²) in [6, 6.07) is 19.0. The zero-order valence-electron chi connectivity index (χ0n) is 14.0. The van der Waals surface area contributed by atoms with Crippen LogP contribution in [0, 0.1) is 0 Å². The van der Waals surface area contributed by atoms with Crippen molar-refractivity contribution in [2.24, 2.45) is 0 Å². The molecule has 0 amide bonds. The van der Waals surface area contributed by atoms with Gasteiger partial charge in [0, 0.05) is 48.6 Å². The zero-order chi connectivity index (χ0) is 17.1. The minimum Gasteiger partial charge on any atom is -0.369 e. The first-order valence-corrected chi connectivity index (χ1v) is 8.97. The topological polar surface area (TPSA) is 35.2 Å². The molecule has 128 valence electrons. The van der Waals surface area contributed by atoms with Crippen molar-refractivity contribution in [2.75, 3.05) is 31.1 Å². The first-order chi connectivity index (χ1) is 12.3. The van der Waals surface area contributed by atoms with Gasteiger partial charge in [-0.15, -0.1) is 0 Å².